The maximum atomic E-state index is 13.8. The molecule has 8 heteroatoms. The molecule has 3 atom stereocenters. The maximum absolute atomic E-state index is 13.8. The predicted octanol–water partition coefficient (Wildman–Crippen LogP) is 4.03. The molecule has 1 aromatic carbocycles. The van der Waals surface area contributed by atoms with Crippen LogP contribution in [-0.2, 0) is 4.79 Å². The number of carbonyl (C=O) groups is 1. The normalized spacial score (nSPS) is 23.9. The summed E-state index contributed by atoms with van der Waals surface area (Å²) in [7, 11) is 0. The monoisotopic (exact) mass is 497 g/mol. The van der Waals surface area contributed by atoms with E-state index in [2.05, 4.69) is 27.1 Å². The molecule has 1 aliphatic heterocycles. The highest BCUT2D eigenvalue weighted by Crippen LogP contribution is 2.42. The molecule has 7 nitrogen and oxygen atoms in total. The molecule has 0 bridgehead atoms. The summed E-state index contributed by atoms with van der Waals surface area (Å²) in [6.45, 7) is 5.53. The number of rotatable bonds is 6. The second-order valence-electron chi connectivity index (χ2n) is 10.3. The van der Waals surface area contributed by atoms with Crippen molar-refractivity contribution in [1.82, 2.24) is 20.2 Å². The zero-order valence-corrected chi connectivity index (χ0v) is 21.3. The number of hydrogen-bond donors (Lipinski definition) is 2. The first-order valence-electron chi connectivity index (χ1n) is 13.1. The largest absolute Gasteiger partial charge is 0.387 e. The molecule has 2 heterocycles. The molecule has 3 aliphatic rings. The highest BCUT2D eigenvalue weighted by Gasteiger charge is 2.35. The van der Waals surface area contributed by atoms with E-state index in [9.17, 15) is 9.90 Å². The number of aliphatic hydroxyl groups excluding tert-OH is 1. The minimum Gasteiger partial charge on any atom is -0.387 e. The molecule has 2 fully saturated rings. The number of aromatic nitrogens is 2. The van der Waals surface area contributed by atoms with Gasteiger partial charge < -0.3 is 20.2 Å². The Hall–Kier alpha value is -2.22. The van der Waals surface area contributed by atoms with Crippen LogP contribution in [0.25, 0.3) is 0 Å². The number of carbonyl (C=O) groups excluding carboxylic acids is 1. The number of anilines is 1. The fourth-order valence-corrected chi connectivity index (χ4v) is 6.07. The molecule has 2 aromatic rings. The lowest BCUT2D eigenvalue weighted by Crippen LogP contribution is -2.51. The van der Waals surface area contributed by atoms with Crippen molar-refractivity contribution in [3.8, 4) is 0 Å². The number of nitrogens with one attached hydrogen (secondary N) is 1. The third kappa shape index (κ3) is 5.32. The van der Waals surface area contributed by atoms with Crippen LogP contribution in [0.5, 0.6) is 0 Å². The van der Waals surface area contributed by atoms with Gasteiger partial charge in [-0.15, -0.1) is 0 Å². The first-order valence-corrected chi connectivity index (χ1v) is 13.4. The van der Waals surface area contributed by atoms with Gasteiger partial charge in [0.05, 0.1) is 17.7 Å². The van der Waals surface area contributed by atoms with Crippen LogP contribution >= 0.6 is 11.6 Å². The maximum Gasteiger partial charge on any atom is 0.231 e. The van der Waals surface area contributed by atoms with E-state index >= 15 is 0 Å². The third-order valence-electron chi connectivity index (χ3n) is 7.96. The van der Waals surface area contributed by atoms with Crippen LogP contribution in [0.4, 0.5) is 5.82 Å². The van der Waals surface area contributed by atoms with E-state index in [0.29, 0.717) is 37.1 Å². The lowest BCUT2D eigenvalue weighted by atomic mass is 9.93. The van der Waals surface area contributed by atoms with Crippen LogP contribution in [0.3, 0.4) is 0 Å². The fraction of sp³-hybridized carbons (Fsp3) is 0.593. The summed E-state index contributed by atoms with van der Waals surface area (Å²) in [4.78, 5) is 26.9. The summed E-state index contributed by atoms with van der Waals surface area (Å²) in [5, 5.41) is 14.7. The molecule has 2 aliphatic carbocycles. The van der Waals surface area contributed by atoms with E-state index in [4.69, 9.17) is 11.6 Å². The van der Waals surface area contributed by atoms with Gasteiger partial charge in [-0.3, -0.25) is 4.79 Å². The SMILES string of the molecule is C[C@@H]1C[C@@H](O)c2ncnc(N3CCN(C(=O)C(CNC4CCCCC4)c4ccc(Cl)cc4)CC3)c21. The molecule has 1 amide bonds. The van der Waals surface area contributed by atoms with E-state index in [-0.39, 0.29) is 17.7 Å². The van der Waals surface area contributed by atoms with Gasteiger partial charge in [0.1, 0.15) is 12.1 Å². The van der Waals surface area contributed by atoms with Gasteiger partial charge in [0.15, 0.2) is 0 Å². The highest BCUT2D eigenvalue weighted by atomic mass is 35.5. The minimum absolute atomic E-state index is 0.173. The van der Waals surface area contributed by atoms with Gasteiger partial charge in [0.25, 0.3) is 0 Å². The fourth-order valence-electron chi connectivity index (χ4n) is 5.95. The van der Waals surface area contributed by atoms with Crippen LogP contribution in [-0.4, -0.2) is 64.6 Å². The van der Waals surface area contributed by atoms with Gasteiger partial charge in [0, 0.05) is 49.4 Å². The van der Waals surface area contributed by atoms with Crippen molar-refractivity contribution in [1.29, 1.82) is 0 Å². The molecule has 35 heavy (non-hydrogen) atoms. The summed E-state index contributed by atoms with van der Waals surface area (Å²) in [5.41, 5.74) is 2.84. The molecule has 1 saturated carbocycles. The van der Waals surface area contributed by atoms with Gasteiger partial charge in [0.2, 0.25) is 5.91 Å². The molecule has 0 radical (unpaired) electrons. The number of fused-ring (bicyclic) bond motifs is 1. The molecule has 5 rings (SSSR count). The summed E-state index contributed by atoms with van der Waals surface area (Å²) in [6.07, 6.45) is 7.96. The van der Waals surface area contributed by atoms with Gasteiger partial charge in [-0.25, -0.2) is 9.97 Å². The van der Waals surface area contributed by atoms with Gasteiger partial charge in [-0.05, 0) is 42.9 Å². The van der Waals surface area contributed by atoms with Crippen molar-refractivity contribution in [2.75, 3.05) is 37.6 Å². The van der Waals surface area contributed by atoms with Crippen LogP contribution in [0, 0.1) is 0 Å². The number of hydrogen-bond acceptors (Lipinski definition) is 6. The number of nitrogens with zero attached hydrogens (tertiary/aromatic N) is 4. The zero-order chi connectivity index (χ0) is 24.4. The standard InChI is InChI=1S/C27H36ClN5O2/c1-18-15-23(34)25-24(18)26(31-17-30-25)32-11-13-33(14-12-32)27(35)22(19-7-9-20(28)10-8-19)16-29-21-5-3-2-4-6-21/h7-10,17-18,21-23,29,34H,2-6,11-16H2,1H3/t18-,22?,23-/m1/s1. The summed E-state index contributed by atoms with van der Waals surface area (Å²) < 4.78 is 0. The average molecular weight is 498 g/mol. The van der Waals surface area contributed by atoms with E-state index < -0.39 is 6.10 Å². The van der Waals surface area contributed by atoms with Crippen LogP contribution in [0.1, 0.15) is 80.2 Å². The lowest BCUT2D eigenvalue weighted by molar-refractivity contribution is -0.133. The van der Waals surface area contributed by atoms with Crippen LogP contribution < -0.4 is 10.2 Å². The third-order valence-corrected chi connectivity index (χ3v) is 8.21. The number of benzene rings is 1. The summed E-state index contributed by atoms with van der Waals surface area (Å²) in [6, 6.07) is 8.23. The Morgan fingerprint density at radius 2 is 1.83 bits per heavy atom. The smallest absolute Gasteiger partial charge is 0.231 e. The van der Waals surface area contributed by atoms with Crippen molar-refractivity contribution in [3.63, 3.8) is 0 Å². The average Bonchev–Trinajstić information content (AvgIpc) is 3.19. The Balaban J connectivity index is 1.27. The second-order valence-corrected chi connectivity index (χ2v) is 10.7. The van der Waals surface area contributed by atoms with E-state index in [1.807, 2.05) is 29.2 Å². The van der Waals surface area contributed by atoms with Gasteiger partial charge in [-0.1, -0.05) is 49.9 Å². The number of aliphatic hydroxyl groups is 1. The topological polar surface area (TPSA) is 81.6 Å². The zero-order valence-electron chi connectivity index (χ0n) is 20.5. The number of piperazine rings is 1. The number of halogens is 1. The Morgan fingerprint density at radius 3 is 2.54 bits per heavy atom. The Labute approximate surface area is 212 Å². The lowest BCUT2D eigenvalue weighted by Gasteiger charge is -2.38. The van der Waals surface area contributed by atoms with E-state index in [1.165, 1.54) is 32.1 Å². The Morgan fingerprint density at radius 1 is 1.11 bits per heavy atom. The molecule has 1 aromatic heterocycles. The van der Waals surface area contributed by atoms with Crippen LogP contribution in [0.15, 0.2) is 30.6 Å². The van der Waals surface area contributed by atoms with E-state index in [1.54, 1.807) is 6.33 Å². The Kier molecular flexibility index (Phi) is 7.56. The van der Waals surface area contributed by atoms with Gasteiger partial charge >= 0.3 is 0 Å². The second kappa shape index (κ2) is 10.8. The van der Waals surface area contributed by atoms with Gasteiger partial charge in [-0.2, -0.15) is 0 Å². The molecular formula is C27H36ClN5O2. The van der Waals surface area contributed by atoms with E-state index in [0.717, 1.165) is 35.7 Å². The van der Waals surface area contributed by atoms with Crippen molar-refractivity contribution in [2.24, 2.45) is 0 Å². The first-order chi connectivity index (χ1) is 17.0. The minimum atomic E-state index is -0.513. The Bertz CT molecular complexity index is 1020. The van der Waals surface area contributed by atoms with Crippen molar-refractivity contribution < 1.29 is 9.90 Å². The molecule has 0 spiro atoms. The quantitative estimate of drug-likeness (QED) is 0.627. The first kappa shape index (κ1) is 24.5. The van der Waals surface area contributed by atoms with Crippen LogP contribution in [0.2, 0.25) is 5.02 Å². The molecule has 2 N–H and O–H groups in total. The summed E-state index contributed by atoms with van der Waals surface area (Å²) in [5.74, 6) is 1.10. The highest BCUT2D eigenvalue weighted by molar-refractivity contribution is 6.30. The number of amides is 1. The molecular weight excluding hydrogens is 462 g/mol. The molecule has 188 valence electrons. The van der Waals surface area contributed by atoms with Crippen molar-refractivity contribution >= 4 is 23.3 Å². The predicted molar refractivity (Wildman–Crippen MR) is 138 cm³/mol. The van der Waals surface area contributed by atoms with Crippen molar-refractivity contribution in [3.05, 3.63) is 52.4 Å². The van der Waals surface area contributed by atoms with Crippen molar-refractivity contribution in [2.45, 2.75) is 69.4 Å². The molecule has 1 saturated heterocycles. The molecule has 1 unspecified atom stereocenters. The summed E-state index contributed by atoms with van der Waals surface area (Å²) >= 11 is 6.13.